The predicted molar refractivity (Wildman–Crippen MR) is 113 cm³/mol. The quantitative estimate of drug-likeness (QED) is 0.307. The molecular formula is C24H22F3N2O3+. The molecule has 0 aliphatic carbocycles. The molecule has 1 N–H and O–H groups in total. The number of phenolic OH excluding ortho intramolecular Hbond substituents is 1. The maximum atomic E-state index is 13.9. The Labute approximate surface area is 182 Å². The molecule has 0 saturated carbocycles. The van der Waals surface area contributed by atoms with Gasteiger partial charge in [0.1, 0.15) is 5.75 Å². The minimum atomic E-state index is -4.64. The highest BCUT2D eigenvalue weighted by atomic mass is 19.4. The molecule has 4 rings (SSSR count). The Bertz CT molecular complexity index is 1280. The zero-order valence-corrected chi connectivity index (χ0v) is 18.0. The number of hydrogen-bond acceptors (Lipinski definition) is 3. The van der Waals surface area contributed by atoms with E-state index >= 15 is 0 Å². The fourth-order valence-corrected chi connectivity index (χ4v) is 4.46. The summed E-state index contributed by atoms with van der Waals surface area (Å²) in [7, 11) is 0. The van der Waals surface area contributed by atoms with E-state index in [-0.39, 0.29) is 22.7 Å². The van der Waals surface area contributed by atoms with E-state index in [1.165, 1.54) is 0 Å². The third kappa shape index (κ3) is 3.49. The summed E-state index contributed by atoms with van der Waals surface area (Å²) in [6, 6.07) is 9.32. The number of phenols is 1. The molecule has 0 spiro atoms. The Morgan fingerprint density at radius 2 is 1.59 bits per heavy atom. The average Bonchev–Trinajstić information content (AvgIpc) is 2.68. The molecule has 0 saturated heterocycles. The lowest BCUT2D eigenvalue weighted by molar-refractivity contribution is -0.740. The third-order valence-corrected chi connectivity index (χ3v) is 6.08. The predicted octanol–water partition coefficient (Wildman–Crippen LogP) is 5.85. The lowest BCUT2D eigenvalue weighted by Crippen LogP contribution is -2.58. The first kappa shape index (κ1) is 21.8. The molecule has 0 amide bonds. The standard InChI is InChI=1S/C24H21F3N2O3/c1-13-7-15-12-23(3,4)28-20(18(15)8-14(13)2)9-16(24(25,26)27)10-21(28)19-11-17(29(31)32)5-6-22(19)30/h5-11H,12H2,1-4H3/p+1. The number of nitrogens with zero attached hydrogens (tertiary/aromatic N) is 2. The minimum absolute atomic E-state index is 0.0214. The van der Waals surface area contributed by atoms with Crippen LogP contribution >= 0.6 is 0 Å². The Kier molecular flexibility index (Phi) is 4.80. The number of nitro benzene ring substituents is 1. The second-order valence-corrected chi connectivity index (χ2v) is 8.89. The molecule has 0 bridgehead atoms. The van der Waals surface area contributed by atoms with Crippen LogP contribution in [-0.4, -0.2) is 10.0 Å². The Morgan fingerprint density at radius 3 is 2.19 bits per heavy atom. The van der Waals surface area contributed by atoms with E-state index in [0.717, 1.165) is 47.0 Å². The first-order chi connectivity index (χ1) is 14.8. The molecule has 0 unspecified atom stereocenters. The van der Waals surface area contributed by atoms with E-state index in [9.17, 15) is 28.4 Å². The Balaban J connectivity index is 2.15. The summed E-state index contributed by atoms with van der Waals surface area (Å²) >= 11 is 0. The normalized spacial score (nSPS) is 14.6. The van der Waals surface area contributed by atoms with Crippen molar-refractivity contribution in [3.8, 4) is 28.3 Å². The van der Waals surface area contributed by atoms with Gasteiger partial charge in [0.15, 0.2) is 5.54 Å². The molecule has 2 aromatic carbocycles. The molecule has 166 valence electrons. The van der Waals surface area contributed by atoms with Gasteiger partial charge in [0.2, 0.25) is 11.4 Å². The summed E-state index contributed by atoms with van der Waals surface area (Å²) in [6.45, 7) is 7.67. The molecule has 0 radical (unpaired) electrons. The van der Waals surface area contributed by atoms with Crippen LogP contribution in [0.3, 0.4) is 0 Å². The summed E-state index contributed by atoms with van der Waals surface area (Å²) in [5, 5.41) is 21.8. The fourth-order valence-electron chi connectivity index (χ4n) is 4.46. The maximum absolute atomic E-state index is 13.9. The van der Waals surface area contributed by atoms with Crippen LogP contribution in [0.15, 0.2) is 42.5 Å². The molecule has 1 aliphatic rings. The van der Waals surface area contributed by atoms with Crippen molar-refractivity contribution in [2.75, 3.05) is 0 Å². The summed E-state index contributed by atoms with van der Waals surface area (Å²) in [4.78, 5) is 10.7. The highest BCUT2D eigenvalue weighted by Gasteiger charge is 2.45. The van der Waals surface area contributed by atoms with Gasteiger partial charge in [0.25, 0.3) is 5.69 Å². The van der Waals surface area contributed by atoms with E-state index in [1.54, 1.807) is 4.57 Å². The second-order valence-electron chi connectivity index (χ2n) is 8.89. The van der Waals surface area contributed by atoms with E-state index in [4.69, 9.17) is 0 Å². The van der Waals surface area contributed by atoms with Crippen LogP contribution in [0.1, 0.15) is 36.1 Å². The van der Waals surface area contributed by atoms with Gasteiger partial charge < -0.3 is 5.11 Å². The average molecular weight is 443 g/mol. The number of halogens is 3. The molecule has 32 heavy (non-hydrogen) atoms. The van der Waals surface area contributed by atoms with Gasteiger partial charge in [-0.25, -0.2) is 0 Å². The van der Waals surface area contributed by atoms with E-state index in [0.29, 0.717) is 17.7 Å². The van der Waals surface area contributed by atoms with Gasteiger partial charge in [0, 0.05) is 50.1 Å². The maximum Gasteiger partial charge on any atom is 0.416 e. The molecule has 0 fully saturated rings. The van der Waals surface area contributed by atoms with Gasteiger partial charge in [-0.2, -0.15) is 17.7 Å². The van der Waals surface area contributed by atoms with Crippen molar-refractivity contribution in [2.24, 2.45) is 0 Å². The van der Waals surface area contributed by atoms with E-state index in [2.05, 4.69) is 0 Å². The van der Waals surface area contributed by atoms with Gasteiger partial charge >= 0.3 is 6.18 Å². The van der Waals surface area contributed by atoms with Crippen LogP contribution in [-0.2, 0) is 18.1 Å². The van der Waals surface area contributed by atoms with Gasteiger partial charge in [-0.15, -0.1) is 0 Å². The molecule has 1 aliphatic heterocycles. The number of hydrogen-bond donors (Lipinski definition) is 1. The molecule has 2 heterocycles. The minimum Gasteiger partial charge on any atom is -0.507 e. The zero-order chi connectivity index (χ0) is 23.6. The SMILES string of the molecule is Cc1cc2c(cc1C)-c1cc(C(F)(F)F)cc(-c3cc([N+](=O)[O-])ccc3O)[n+]1C(C)(C)C2. The smallest absolute Gasteiger partial charge is 0.416 e. The number of alkyl halides is 3. The number of rotatable bonds is 2. The van der Waals surface area contributed by atoms with E-state index in [1.807, 2.05) is 39.8 Å². The van der Waals surface area contributed by atoms with Gasteiger partial charge in [-0.05, 0) is 42.7 Å². The van der Waals surface area contributed by atoms with Gasteiger partial charge in [-0.3, -0.25) is 10.1 Å². The number of nitro groups is 1. The number of benzene rings is 2. The topological polar surface area (TPSA) is 67.2 Å². The molecule has 0 atom stereocenters. The summed E-state index contributed by atoms with van der Waals surface area (Å²) < 4.78 is 43.4. The molecular weight excluding hydrogens is 421 g/mol. The third-order valence-electron chi connectivity index (χ3n) is 6.08. The Hall–Kier alpha value is -3.42. The summed E-state index contributed by atoms with van der Waals surface area (Å²) in [6.07, 6.45) is -4.09. The van der Waals surface area contributed by atoms with Crippen LogP contribution in [0, 0.1) is 24.0 Å². The van der Waals surface area contributed by atoms with Crippen molar-refractivity contribution in [3.05, 3.63) is 74.8 Å². The largest absolute Gasteiger partial charge is 0.507 e. The highest BCUT2D eigenvalue weighted by molar-refractivity contribution is 5.72. The van der Waals surface area contributed by atoms with Crippen molar-refractivity contribution in [1.29, 1.82) is 0 Å². The van der Waals surface area contributed by atoms with Crippen LogP contribution < -0.4 is 4.57 Å². The number of aryl methyl sites for hydroxylation is 2. The molecule has 3 aromatic rings. The van der Waals surface area contributed by atoms with Crippen LogP contribution in [0.2, 0.25) is 0 Å². The number of aromatic hydroxyl groups is 1. The lowest BCUT2D eigenvalue weighted by atomic mass is 9.82. The van der Waals surface area contributed by atoms with Crippen LogP contribution in [0.25, 0.3) is 22.5 Å². The molecule has 1 aromatic heterocycles. The monoisotopic (exact) mass is 443 g/mol. The zero-order valence-electron chi connectivity index (χ0n) is 18.0. The number of non-ortho nitro benzene ring substituents is 1. The highest BCUT2D eigenvalue weighted by Crippen LogP contribution is 2.42. The Morgan fingerprint density at radius 1 is 1.00 bits per heavy atom. The van der Waals surface area contributed by atoms with Gasteiger partial charge in [-0.1, -0.05) is 6.07 Å². The van der Waals surface area contributed by atoms with Crippen LogP contribution in [0.5, 0.6) is 5.75 Å². The number of fused-ring (bicyclic) bond motifs is 3. The van der Waals surface area contributed by atoms with Crippen molar-refractivity contribution >= 4 is 5.69 Å². The van der Waals surface area contributed by atoms with Crippen molar-refractivity contribution in [2.45, 2.75) is 45.8 Å². The van der Waals surface area contributed by atoms with E-state index < -0.39 is 22.2 Å². The summed E-state index contributed by atoms with van der Waals surface area (Å²) in [5.74, 6) is -0.327. The van der Waals surface area contributed by atoms with Crippen molar-refractivity contribution in [1.82, 2.24) is 0 Å². The van der Waals surface area contributed by atoms with Crippen molar-refractivity contribution in [3.63, 3.8) is 0 Å². The second kappa shape index (κ2) is 7.05. The molecule has 5 nitrogen and oxygen atoms in total. The van der Waals surface area contributed by atoms with Gasteiger partial charge in [0.05, 0.1) is 16.1 Å². The lowest BCUT2D eigenvalue weighted by Gasteiger charge is -2.31. The first-order valence-corrected chi connectivity index (χ1v) is 10.1. The number of aromatic nitrogens is 1. The molecule has 8 heteroatoms. The van der Waals surface area contributed by atoms with Crippen LogP contribution in [0.4, 0.5) is 18.9 Å². The summed E-state index contributed by atoms with van der Waals surface area (Å²) in [5.41, 5.74) is 2.18. The first-order valence-electron chi connectivity index (χ1n) is 10.1. The van der Waals surface area contributed by atoms with Crippen molar-refractivity contribution < 1.29 is 27.8 Å². The number of pyridine rings is 1. The fraction of sp³-hybridized carbons (Fsp3) is 0.292.